The normalized spacial score (nSPS) is 22.9. The lowest BCUT2D eigenvalue weighted by molar-refractivity contribution is 0.117. The Hall–Kier alpha value is -0.570. The Kier molecular flexibility index (Phi) is 5.04. The molecule has 100 valence electrons. The Morgan fingerprint density at radius 2 is 2.28 bits per heavy atom. The third kappa shape index (κ3) is 3.47. The molecule has 2 nitrogen and oxygen atoms in total. The molecule has 1 aliphatic rings. The Balaban J connectivity index is 2.05. The molecule has 1 heterocycles. The van der Waals surface area contributed by atoms with Crippen molar-refractivity contribution >= 4 is 11.6 Å². The summed E-state index contributed by atoms with van der Waals surface area (Å²) in [6, 6.07) is 8.99. The molecule has 2 N–H and O–H groups in total. The molecule has 18 heavy (non-hydrogen) atoms. The highest BCUT2D eigenvalue weighted by atomic mass is 35.5. The molecule has 0 bridgehead atoms. The topological polar surface area (TPSA) is 29.3 Å². The van der Waals surface area contributed by atoms with Gasteiger partial charge in [0.1, 0.15) is 0 Å². The van der Waals surface area contributed by atoms with Crippen molar-refractivity contribution < 1.29 is 0 Å². The number of hydrogen-bond acceptors (Lipinski definition) is 2. The average molecular weight is 267 g/mol. The van der Waals surface area contributed by atoms with E-state index in [1.54, 1.807) is 0 Å². The zero-order valence-corrected chi connectivity index (χ0v) is 11.9. The monoisotopic (exact) mass is 266 g/mol. The zero-order valence-electron chi connectivity index (χ0n) is 11.1. The zero-order chi connectivity index (χ0) is 13.0. The first-order chi connectivity index (χ1) is 8.70. The standard InChI is InChI=1S/C15H23ClN2/c1-2-14(17)15-8-3-4-9-18(15)11-12-6-5-7-13(16)10-12/h5-7,10,14-15H,2-4,8-9,11,17H2,1H3. The van der Waals surface area contributed by atoms with Crippen LogP contribution in [0.15, 0.2) is 24.3 Å². The van der Waals surface area contributed by atoms with Crippen LogP contribution in [-0.4, -0.2) is 23.5 Å². The fourth-order valence-corrected chi connectivity index (χ4v) is 3.05. The predicted octanol–water partition coefficient (Wildman–Crippen LogP) is 3.43. The first kappa shape index (κ1) is 13.9. The smallest absolute Gasteiger partial charge is 0.0409 e. The molecular weight excluding hydrogens is 244 g/mol. The highest BCUT2D eigenvalue weighted by Crippen LogP contribution is 2.23. The van der Waals surface area contributed by atoms with Gasteiger partial charge in [0.15, 0.2) is 0 Å². The highest BCUT2D eigenvalue weighted by molar-refractivity contribution is 6.30. The number of nitrogens with two attached hydrogens (primary N) is 1. The van der Waals surface area contributed by atoms with Crippen molar-refractivity contribution in [1.82, 2.24) is 4.90 Å². The summed E-state index contributed by atoms with van der Waals surface area (Å²) >= 11 is 6.05. The summed E-state index contributed by atoms with van der Waals surface area (Å²) in [6.07, 6.45) is 4.88. The van der Waals surface area contributed by atoms with Gasteiger partial charge in [-0.2, -0.15) is 0 Å². The molecule has 1 fully saturated rings. The van der Waals surface area contributed by atoms with Gasteiger partial charge >= 0.3 is 0 Å². The summed E-state index contributed by atoms with van der Waals surface area (Å²) in [7, 11) is 0. The van der Waals surface area contributed by atoms with Gasteiger partial charge in [0.25, 0.3) is 0 Å². The van der Waals surface area contributed by atoms with Crippen molar-refractivity contribution in [2.75, 3.05) is 6.54 Å². The average Bonchev–Trinajstić information content (AvgIpc) is 2.38. The van der Waals surface area contributed by atoms with Gasteiger partial charge in [-0.15, -0.1) is 0 Å². The predicted molar refractivity (Wildman–Crippen MR) is 77.8 cm³/mol. The maximum Gasteiger partial charge on any atom is 0.0409 e. The van der Waals surface area contributed by atoms with Gasteiger partial charge in [-0.05, 0) is 43.5 Å². The fraction of sp³-hybridized carbons (Fsp3) is 0.600. The van der Waals surface area contributed by atoms with Crippen molar-refractivity contribution in [2.45, 2.75) is 51.2 Å². The fourth-order valence-electron chi connectivity index (χ4n) is 2.84. The SMILES string of the molecule is CCC(N)C1CCCCN1Cc1cccc(Cl)c1. The van der Waals surface area contributed by atoms with Crippen LogP contribution in [-0.2, 0) is 6.54 Å². The number of nitrogens with zero attached hydrogens (tertiary/aromatic N) is 1. The minimum Gasteiger partial charge on any atom is -0.326 e. The van der Waals surface area contributed by atoms with Crippen molar-refractivity contribution in [2.24, 2.45) is 5.73 Å². The molecule has 2 atom stereocenters. The largest absolute Gasteiger partial charge is 0.326 e. The van der Waals surface area contributed by atoms with E-state index in [0.717, 1.165) is 24.5 Å². The summed E-state index contributed by atoms with van der Waals surface area (Å²) < 4.78 is 0. The van der Waals surface area contributed by atoms with Crippen molar-refractivity contribution in [3.05, 3.63) is 34.9 Å². The molecule has 1 aromatic rings. The molecular formula is C15H23ClN2. The van der Waals surface area contributed by atoms with Crippen LogP contribution in [0.2, 0.25) is 5.02 Å². The first-order valence-electron chi connectivity index (χ1n) is 6.94. The second-order valence-electron chi connectivity index (χ2n) is 5.24. The van der Waals surface area contributed by atoms with E-state index < -0.39 is 0 Å². The Labute approximate surface area is 115 Å². The van der Waals surface area contributed by atoms with E-state index in [1.165, 1.54) is 24.8 Å². The highest BCUT2D eigenvalue weighted by Gasteiger charge is 2.26. The molecule has 1 saturated heterocycles. The summed E-state index contributed by atoms with van der Waals surface area (Å²) in [5.74, 6) is 0. The maximum atomic E-state index is 6.25. The van der Waals surface area contributed by atoms with E-state index in [1.807, 2.05) is 12.1 Å². The lowest BCUT2D eigenvalue weighted by atomic mass is 9.94. The van der Waals surface area contributed by atoms with Gasteiger partial charge in [-0.1, -0.05) is 37.1 Å². The minimum atomic E-state index is 0.296. The number of hydrogen-bond donors (Lipinski definition) is 1. The number of rotatable bonds is 4. The number of piperidine rings is 1. The van der Waals surface area contributed by atoms with Gasteiger partial charge in [-0.3, -0.25) is 4.90 Å². The second-order valence-corrected chi connectivity index (χ2v) is 5.67. The second kappa shape index (κ2) is 6.55. The van der Waals surface area contributed by atoms with Crippen molar-refractivity contribution in [3.8, 4) is 0 Å². The van der Waals surface area contributed by atoms with Crippen molar-refractivity contribution in [3.63, 3.8) is 0 Å². The Morgan fingerprint density at radius 3 is 3.00 bits per heavy atom. The Morgan fingerprint density at radius 1 is 1.44 bits per heavy atom. The van der Waals surface area contributed by atoms with E-state index in [4.69, 9.17) is 17.3 Å². The van der Waals surface area contributed by atoms with Gasteiger partial charge < -0.3 is 5.73 Å². The van der Waals surface area contributed by atoms with Gasteiger partial charge in [-0.25, -0.2) is 0 Å². The molecule has 2 unspecified atom stereocenters. The maximum absolute atomic E-state index is 6.25. The molecule has 0 spiro atoms. The van der Waals surface area contributed by atoms with E-state index in [-0.39, 0.29) is 0 Å². The molecule has 0 saturated carbocycles. The minimum absolute atomic E-state index is 0.296. The first-order valence-corrected chi connectivity index (χ1v) is 7.32. The summed E-state index contributed by atoms with van der Waals surface area (Å²) in [5.41, 5.74) is 7.54. The Bertz CT molecular complexity index is 381. The quantitative estimate of drug-likeness (QED) is 0.905. The van der Waals surface area contributed by atoms with E-state index >= 15 is 0 Å². The van der Waals surface area contributed by atoms with E-state index in [0.29, 0.717) is 12.1 Å². The van der Waals surface area contributed by atoms with Crippen LogP contribution in [0.3, 0.4) is 0 Å². The van der Waals surface area contributed by atoms with Gasteiger partial charge in [0.2, 0.25) is 0 Å². The molecule has 0 amide bonds. The summed E-state index contributed by atoms with van der Waals surface area (Å²) in [6.45, 7) is 4.31. The number of likely N-dealkylation sites (tertiary alicyclic amines) is 1. The molecule has 1 aliphatic heterocycles. The summed E-state index contributed by atoms with van der Waals surface area (Å²) in [5, 5.41) is 0.820. The van der Waals surface area contributed by atoms with Crippen molar-refractivity contribution in [1.29, 1.82) is 0 Å². The third-order valence-corrected chi connectivity index (χ3v) is 4.14. The van der Waals surface area contributed by atoms with Gasteiger partial charge in [0, 0.05) is 23.7 Å². The summed E-state index contributed by atoms with van der Waals surface area (Å²) in [4.78, 5) is 2.53. The van der Waals surface area contributed by atoms with Crippen LogP contribution in [0.25, 0.3) is 0 Å². The van der Waals surface area contributed by atoms with Crippen LogP contribution in [0, 0.1) is 0 Å². The number of halogens is 1. The van der Waals surface area contributed by atoms with Crippen LogP contribution >= 0.6 is 11.6 Å². The van der Waals surface area contributed by atoms with E-state index in [2.05, 4.69) is 24.0 Å². The van der Waals surface area contributed by atoms with Crippen LogP contribution in [0.1, 0.15) is 38.2 Å². The van der Waals surface area contributed by atoms with Crippen LogP contribution in [0.4, 0.5) is 0 Å². The molecule has 2 rings (SSSR count). The molecule has 3 heteroatoms. The third-order valence-electron chi connectivity index (χ3n) is 3.90. The van der Waals surface area contributed by atoms with E-state index in [9.17, 15) is 0 Å². The lowest BCUT2D eigenvalue weighted by Gasteiger charge is -2.39. The molecule has 0 aromatic heterocycles. The van der Waals surface area contributed by atoms with Crippen LogP contribution < -0.4 is 5.73 Å². The molecule has 0 radical (unpaired) electrons. The molecule has 1 aromatic carbocycles. The number of benzene rings is 1. The lowest BCUT2D eigenvalue weighted by Crippen LogP contribution is -2.49. The van der Waals surface area contributed by atoms with Crippen LogP contribution in [0.5, 0.6) is 0 Å². The molecule has 0 aliphatic carbocycles. The van der Waals surface area contributed by atoms with Gasteiger partial charge in [0.05, 0.1) is 0 Å².